The van der Waals surface area contributed by atoms with E-state index in [0.29, 0.717) is 13.2 Å². The Hall–Kier alpha value is 0.310. The van der Waals surface area contributed by atoms with Crippen LogP contribution in [0.2, 0.25) is 0 Å². The molecule has 0 aliphatic heterocycles. The topological polar surface area (TPSA) is 27.7 Å². The normalized spacial score (nSPS) is 13.5. The maximum absolute atomic E-state index is 5.20. The second-order valence-corrected chi connectivity index (χ2v) is 2.99. The van der Waals surface area contributed by atoms with Crippen molar-refractivity contribution in [2.45, 2.75) is 20.3 Å². The summed E-state index contributed by atoms with van der Waals surface area (Å²) < 4.78 is 15.2. The summed E-state index contributed by atoms with van der Waals surface area (Å²) in [5.41, 5.74) is 0. The molecular formula is C6H15O3P. The zero-order chi connectivity index (χ0) is 7.82. The summed E-state index contributed by atoms with van der Waals surface area (Å²) in [5, 5.41) is 0. The molecule has 0 bridgehead atoms. The predicted octanol–water partition coefficient (Wildman–Crippen LogP) is 2.32. The zero-order valence-corrected chi connectivity index (χ0v) is 7.69. The molecule has 0 aromatic heterocycles. The van der Waals surface area contributed by atoms with E-state index >= 15 is 0 Å². The molecule has 0 saturated heterocycles. The first-order valence-electron chi connectivity index (χ1n) is 3.45. The van der Waals surface area contributed by atoms with Gasteiger partial charge in [0, 0.05) is 7.11 Å². The number of hydrogen-bond acceptors (Lipinski definition) is 3. The lowest BCUT2D eigenvalue weighted by Crippen LogP contribution is -1.93. The van der Waals surface area contributed by atoms with E-state index in [4.69, 9.17) is 13.6 Å². The van der Waals surface area contributed by atoms with Crippen LogP contribution >= 0.6 is 8.60 Å². The molecule has 0 rings (SSSR count). The van der Waals surface area contributed by atoms with Gasteiger partial charge in [-0.25, -0.2) is 0 Å². The van der Waals surface area contributed by atoms with Gasteiger partial charge >= 0.3 is 8.60 Å². The Kier molecular flexibility index (Phi) is 7.65. The fourth-order valence-corrected chi connectivity index (χ4v) is 1.24. The highest BCUT2D eigenvalue weighted by Crippen LogP contribution is 2.37. The molecule has 0 fully saturated rings. The highest BCUT2D eigenvalue weighted by atomic mass is 31.2. The highest BCUT2D eigenvalue weighted by Gasteiger charge is 2.06. The first-order valence-corrected chi connectivity index (χ1v) is 4.54. The highest BCUT2D eigenvalue weighted by molar-refractivity contribution is 7.41. The third-order valence-electron chi connectivity index (χ3n) is 0.784. The van der Waals surface area contributed by atoms with E-state index < -0.39 is 8.60 Å². The van der Waals surface area contributed by atoms with Crippen LogP contribution in [0.4, 0.5) is 0 Å². The van der Waals surface area contributed by atoms with Crippen LogP contribution in [-0.4, -0.2) is 20.3 Å². The van der Waals surface area contributed by atoms with Crippen LogP contribution in [0.25, 0.3) is 0 Å². The molecule has 0 aromatic carbocycles. The quantitative estimate of drug-likeness (QED) is 0.567. The van der Waals surface area contributed by atoms with E-state index in [1.165, 1.54) is 0 Å². The summed E-state index contributed by atoms with van der Waals surface area (Å²) in [4.78, 5) is 0. The van der Waals surface area contributed by atoms with Crippen LogP contribution in [0.3, 0.4) is 0 Å². The molecule has 62 valence electrons. The molecule has 3 nitrogen and oxygen atoms in total. The smallest absolute Gasteiger partial charge is 0.316 e. The molecule has 0 saturated carbocycles. The molecule has 0 spiro atoms. The third-order valence-corrected chi connectivity index (χ3v) is 1.94. The van der Waals surface area contributed by atoms with E-state index in [-0.39, 0.29) is 0 Å². The maximum atomic E-state index is 5.20. The summed E-state index contributed by atoms with van der Waals surface area (Å²) in [6.07, 6.45) is 0.995. The van der Waals surface area contributed by atoms with Gasteiger partial charge in [-0.3, -0.25) is 0 Å². The van der Waals surface area contributed by atoms with Gasteiger partial charge < -0.3 is 13.6 Å². The van der Waals surface area contributed by atoms with E-state index in [2.05, 4.69) is 6.92 Å². The average molecular weight is 166 g/mol. The van der Waals surface area contributed by atoms with E-state index in [0.717, 1.165) is 6.42 Å². The SMILES string of the molecule is CCCOP(OC)OCC. The van der Waals surface area contributed by atoms with Gasteiger partial charge in [-0.05, 0) is 13.3 Å². The summed E-state index contributed by atoms with van der Waals surface area (Å²) in [7, 11) is 0.530. The molecule has 1 unspecified atom stereocenters. The van der Waals surface area contributed by atoms with Crippen molar-refractivity contribution in [1.29, 1.82) is 0 Å². The third kappa shape index (κ3) is 5.12. The summed E-state index contributed by atoms with van der Waals surface area (Å²) >= 11 is 0. The Morgan fingerprint density at radius 1 is 1.20 bits per heavy atom. The van der Waals surface area contributed by atoms with Crippen LogP contribution in [0.15, 0.2) is 0 Å². The van der Waals surface area contributed by atoms with Gasteiger partial charge in [0.1, 0.15) is 0 Å². The second-order valence-electron chi connectivity index (χ2n) is 1.66. The van der Waals surface area contributed by atoms with Gasteiger partial charge in [0.2, 0.25) is 0 Å². The largest absolute Gasteiger partial charge is 0.332 e. The number of hydrogen-bond donors (Lipinski definition) is 0. The van der Waals surface area contributed by atoms with Gasteiger partial charge in [0.05, 0.1) is 13.2 Å². The molecule has 0 radical (unpaired) electrons. The van der Waals surface area contributed by atoms with Gasteiger partial charge in [0.25, 0.3) is 0 Å². The van der Waals surface area contributed by atoms with Gasteiger partial charge in [-0.15, -0.1) is 0 Å². The van der Waals surface area contributed by atoms with Crippen molar-refractivity contribution in [2.75, 3.05) is 20.3 Å². The molecule has 0 aliphatic rings. The Morgan fingerprint density at radius 2 is 1.90 bits per heavy atom. The minimum atomic E-state index is -1.06. The molecule has 0 aromatic rings. The number of rotatable bonds is 6. The van der Waals surface area contributed by atoms with Gasteiger partial charge in [-0.1, -0.05) is 6.92 Å². The minimum absolute atomic E-state index is 0.642. The molecule has 0 heterocycles. The van der Waals surface area contributed by atoms with Crippen molar-refractivity contribution >= 4 is 8.60 Å². The van der Waals surface area contributed by atoms with Crippen molar-refractivity contribution in [2.24, 2.45) is 0 Å². The Balaban J connectivity index is 3.21. The molecule has 0 aliphatic carbocycles. The minimum Gasteiger partial charge on any atom is -0.316 e. The molecule has 0 N–H and O–H groups in total. The van der Waals surface area contributed by atoms with Crippen molar-refractivity contribution in [3.8, 4) is 0 Å². The van der Waals surface area contributed by atoms with Gasteiger partial charge in [-0.2, -0.15) is 0 Å². The standard InChI is InChI=1S/C6H15O3P/c1-4-6-9-10(7-3)8-5-2/h4-6H2,1-3H3. The van der Waals surface area contributed by atoms with Crippen molar-refractivity contribution in [3.05, 3.63) is 0 Å². The van der Waals surface area contributed by atoms with Crippen LogP contribution in [0.5, 0.6) is 0 Å². The molecule has 4 heteroatoms. The van der Waals surface area contributed by atoms with E-state index in [1.54, 1.807) is 7.11 Å². The summed E-state index contributed by atoms with van der Waals surface area (Å²) in [6.45, 7) is 5.32. The van der Waals surface area contributed by atoms with Gasteiger partial charge in [0.15, 0.2) is 0 Å². The summed E-state index contributed by atoms with van der Waals surface area (Å²) in [5.74, 6) is 0. The second kappa shape index (κ2) is 7.42. The fourth-order valence-electron chi connectivity index (χ4n) is 0.414. The first-order chi connectivity index (χ1) is 4.85. The fraction of sp³-hybridized carbons (Fsp3) is 1.00. The average Bonchev–Trinajstić information content (AvgIpc) is 1.98. The molecular weight excluding hydrogens is 151 g/mol. The summed E-state index contributed by atoms with van der Waals surface area (Å²) in [6, 6.07) is 0. The van der Waals surface area contributed by atoms with Crippen molar-refractivity contribution in [1.82, 2.24) is 0 Å². The lowest BCUT2D eigenvalue weighted by molar-refractivity contribution is 0.187. The van der Waals surface area contributed by atoms with Crippen LogP contribution in [-0.2, 0) is 13.6 Å². The Labute approximate surface area is 63.7 Å². The monoisotopic (exact) mass is 166 g/mol. The predicted molar refractivity (Wildman–Crippen MR) is 41.8 cm³/mol. The van der Waals surface area contributed by atoms with Crippen molar-refractivity contribution < 1.29 is 13.6 Å². The Morgan fingerprint density at radius 3 is 2.30 bits per heavy atom. The molecule has 0 amide bonds. The van der Waals surface area contributed by atoms with Crippen LogP contribution in [0.1, 0.15) is 20.3 Å². The lowest BCUT2D eigenvalue weighted by Gasteiger charge is -2.11. The van der Waals surface area contributed by atoms with Crippen LogP contribution in [0, 0.1) is 0 Å². The van der Waals surface area contributed by atoms with E-state index in [1.807, 2.05) is 6.92 Å². The van der Waals surface area contributed by atoms with Crippen LogP contribution < -0.4 is 0 Å². The molecule has 1 atom stereocenters. The Bertz CT molecular complexity index is 70.0. The maximum Gasteiger partial charge on any atom is 0.332 e. The molecule has 10 heavy (non-hydrogen) atoms. The first kappa shape index (κ1) is 10.3. The van der Waals surface area contributed by atoms with E-state index in [9.17, 15) is 0 Å². The van der Waals surface area contributed by atoms with Crippen molar-refractivity contribution in [3.63, 3.8) is 0 Å². The zero-order valence-electron chi connectivity index (χ0n) is 6.79. The lowest BCUT2D eigenvalue weighted by atomic mass is 10.5.